The third kappa shape index (κ3) is 5.44. The second-order valence-electron chi connectivity index (χ2n) is 16.5. The van der Waals surface area contributed by atoms with Gasteiger partial charge >= 0.3 is 0 Å². The number of hydrogen-bond donors (Lipinski definition) is 0. The van der Waals surface area contributed by atoms with Crippen molar-refractivity contribution >= 4 is 104 Å². The molecular weight excluding hydrogens is 751 g/mol. The largest absolute Gasteiger partial charge is 0.456 e. The molecule has 0 bridgehead atoms. The van der Waals surface area contributed by atoms with E-state index in [1.807, 2.05) is 0 Å². The summed E-state index contributed by atoms with van der Waals surface area (Å²) < 4.78 is 6.53. The molecule has 62 heavy (non-hydrogen) atoms. The van der Waals surface area contributed by atoms with E-state index in [-0.39, 0.29) is 0 Å². The molecule has 0 aliphatic heterocycles. The van der Waals surface area contributed by atoms with Crippen LogP contribution in [0.25, 0.3) is 109 Å². The minimum absolute atomic E-state index is 0.876. The molecule has 1 heterocycles. The minimum Gasteiger partial charge on any atom is -0.456 e. The van der Waals surface area contributed by atoms with Crippen LogP contribution in [0.3, 0.4) is 0 Å². The fraction of sp³-hybridized carbons (Fsp3) is 0. The summed E-state index contributed by atoms with van der Waals surface area (Å²) in [7, 11) is 0. The van der Waals surface area contributed by atoms with Crippen molar-refractivity contribution in [3.63, 3.8) is 0 Å². The van der Waals surface area contributed by atoms with Gasteiger partial charge in [0.15, 0.2) is 0 Å². The Bertz CT molecular complexity index is 3940. The predicted octanol–water partition coefficient (Wildman–Crippen LogP) is 17.3. The van der Waals surface area contributed by atoms with Crippen molar-refractivity contribution in [3.8, 4) is 22.3 Å². The van der Waals surface area contributed by atoms with Gasteiger partial charge in [-0.15, -0.1) is 0 Å². The van der Waals surface area contributed by atoms with Gasteiger partial charge in [-0.2, -0.15) is 0 Å². The van der Waals surface area contributed by atoms with Crippen molar-refractivity contribution in [1.29, 1.82) is 0 Å². The fourth-order valence-corrected chi connectivity index (χ4v) is 10.0. The van der Waals surface area contributed by atoms with Gasteiger partial charge in [0.2, 0.25) is 0 Å². The summed E-state index contributed by atoms with van der Waals surface area (Å²) in [5.41, 5.74) is 9.91. The van der Waals surface area contributed by atoms with Gasteiger partial charge in [0.1, 0.15) is 11.2 Å². The molecule has 1 aromatic heterocycles. The molecule has 0 fully saturated rings. The molecule has 13 aromatic rings. The summed E-state index contributed by atoms with van der Waals surface area (Å²) in [5, 5.41) is 16.9. The van der Waals surface area contributed by atoms with Crippen LogP contribution in [0.4, 0.5) is 17.1 Å². The Hall–Kier alpha value is -8.20. The maximum absolute atomic E-state index is 6.53. The molecule has 13 rings (SSSR count). The highest BCUT2D eigenvalue weighted by Crippen LogP contribution is 2.46. The maximum Gasteiger partial charge on any atom is 0.136 e. The van der Waals surface area contributed by atoms with Crippen molar-refractivity contribution in [2.75, 3.05) is 4.90 Å². The first kappa shape index (κ1) is 34.6. The topological polar surface area (TPSA) is 16.4 Å². The highest BCUT2D eigenvalue weighted by atomic mass is 16.3. The summed E-state index contributed by atoms with van der Waals surface area (Å²) in [6.45, 7) is 0. The highest BCUT2D eigenvalue weighted by Gasteiger charge is 2.21. The molecular formula is C60H37NO. The molecule has 0 amide bonds. The van der Waals surface area contributed by atoms with Crippen LogP contribution >= 0.6 is 0 Å². The molecule has 0 saturated carbocycles. The Morgan fingerprint density at radius 2 is 0.855 bits per heavy atom. The van der Waals surface area contributed by atoms with Crippen molar-refractivity contribution < 1.29 is 4.42 Å². The van der Waals surface area contributed by atoms with Gasteiger partial charge < -0.3 is 9.32 Å². The maximum atomic E-state index is 6.53. The Morgan fingerprint density at radius 3 is 1.69 bits per heavy atom. The Kier molecular flexibility index (Phi) is 7.64. The second-order valence-corrected chi connectivity index (χ2v) is 16.5. The zero-order valence-electron chi connectivity index (χ0n) is 33.7. The standard InChI is InChI=1S/C60H37NO/c1-2-14-41-36-60-56(34-40(41)13-1)57-37-46(28-31-59(57)62-60)61(58-30-29-53(51-20-9-10-22-54(51)58)50-23-11-16-39-12-3-5-17-47(39)50)45-27-26-38-24-25-43(32-44(38)33-45)55-35-42-15-4-6-18-48(42)49-19-7-8-21-52(49)55/h1-37H. The number of nitrogens with zero attached hydrogens (tertiary/aromatic N) is 1. The predicted molar refractivity (Wildman–Crippen MR) is 264 cm³/mol. The summed E-state index contributed by atoms with van der Waals surface area (Å²) in [4.78, 5) is 2.44. The Balaban J connectivity index is 1.04. The highest BCUT2D eigenvalue weighted by molar-refractivity contribution is 6.16. The van der Waals surface area contributed by atoms with Crippen LogP contribution in [-0.4, -0.2) is 0 Å². The van der Waals surface area contributed by atoms with E-state index in [2.05, 4.69) is 229 Å². The van der Waals surface area contributed by atoms with Crippen LogP contribution in [0.15, 0.2) is 229 Å². The van der Waals surface area contributed by atoms with Crippen LogP contribution in [-0.2, 0) is 0 Å². The zero-order valence-corrected chi connectivity index (χ0v) is 33.7. The van der Waals surface area contributed by atoms with E-state index in [0.29, 0.717) is 0 Å². The smallest absolute Gasteiger partial charge is 0.136 e. The fourth-order valence-electron chi connectivity index (χ4n) is 10.0. The van der Waals surface area contributed by atoms with Crippen LogP contribution in [0.2, 0.25) is 0 Å². The molecule has 2 heteroatoms. The lowest BCUT2D eigenvalue weighted by Gasteiger charge is -2.28. The van der Waals surface area contributed by atoms with Gasteiger partial charge in [0, 0.05) is 27.5 Å². The summed E-state index contributed by atoms with van der Waals surface area (Å²) in [6, 6.07) is 82.1. The van der Waals surface area contributed by atoms with Gasteiger partial charge in [-0.3, -0.25) is 0 Å². The monoisotopic (exact) mass is 787 g/mol. The third-order valence-corrected chi connectivity index (χ3v) is 13.0. The van der Waals surface area contributed by atoms with E-state index in [0.717, 1.165) is 39.0 Å². The van der Waals surface area contributed by atoms with Crippen LogP contribution in [0.5, 0.6) is 0 Å². The lowest BCUT2D eigenvalue weighted by atomic mass is 9.92. The van der Waals surface area contributed by atoms with Crippen LogP contribution in [0.1, 0.15) is 0 Å². The van der Waals surface area contributed by atoms with Gasteiger partial charge in [0.05, 0.1) is 5.69 Å². The molecule has 0 atom stereocenters. The summed E-state index contributed by atoms with van der Waals surface area (Å²) in [6.07, 6.45) is 0. The Morgan fingerprint density at radius 1 is 0.258 bits per heavy atom. The van der Waals surface area contributed by atoms with E-state index in [1.165, 1.54) is 86.9 Å². The molecule has 12 aromatic carbocycles. The first-order valence-electron chi connectivity index (χ1n) is 21.3. The molecule has 0 aliphatic rings. The van der Waals surface area contributed by atoms with Crippen LogP contribution < -0.4 is 4.90 Å². The minimum atomic E-state index is 0.876. The van der Waals surface area contributed by atoms with Crippen molar-refractivity contribution in [2.45, 2.75) is 0 Å². The molecule has 2 nitrogen and oxygen atoms in total. The van der Waals surface area contributed by atoms with E-state index in [4.69, 9.17) is 4.42 Å². The molecule has 0 aliphatic carbocycles. The molecule has 0 saturated heterocycles. The van der Waals surface area contributed by atoms with E-state index >= 15 is 0 Å². The second kappa shape index (κ2) is 13.7. The average Bonchev–Trinajstić information content (AvgIpc) is 3.69. The SMILES string of the molecule is c1ccc2cc3c(cc2c1)oc1ccc(N(c2ccc4ccc(-c5cc6ccccc6c6ccccc56)cc4c2)c2ccc(-c4cccc5ccccc45)c4ccccc24)cc13. The zero-order chi connectivity index (χ0) is 40.7. The number of rotatable bonds is 5. The number of fused-ring (bicyclic) bond motifs is 10. The summed E-state index contributed by atoms with van der Waals surface area (Å²) >= 11 is 0. The quantitative estimate of drug-likeness (QED) is 0.162. The normalized spacial score (nSPS) is 11.9. The Labute approximate surface area is 358 Å². The van der Waals surface area contributed by atoms with Crippen LogP contribution in [0, 0.1) is 0 Å². The summed E-state index contributed by atoms with van der Waals surface area (Å²) in [5.74, 6) is 0. The number of furan rings is 1. The first-order valence-corrected chi connectivity index (χ1v) is 21.3. The van der Waals surface area contributed by atoms with Crippen molar-refractivity contribution in [2.24, 2.45) is 0 Å². The number of hydrogen-bond acceptors (Lipinski definition) is 2. The van der Waals surface area contributed by atoms with Gasteiger partial charge in [0.25, 0.3) is 0 Å². The molecule has 0 spiro atoms. The van der Waals surface area contributed by atoms with Crippen molar-refractivity contribution in [3.05, 3.63) is 224 Å². The molecule has 0 N–H and O–H groups in total. The average molecular weight is 788 g/mol. The van der Waals surface area contributed by atoms with Crippen molar-refractivity contribution in [1.82, 2.24) is 0 Å². The molecule has 0 radical (unpaired) electrons. The van der Waals surface area contributed by atoms with Gasteiger partial charge in [-0.05, 0) is 142 Å². The lowest BCUT2D eigenvalue weighted by Crippen LogP contribution is -2.10. The van der Waals surface area contributed by atoms with Gasteiger partial charge in [-0.25, -0.2) is 0 Å². The first-order chi connectivity index (χ1) is 30.7. The number of benzene rings is 12. The van der Waals surface area contributed by atoms with E-state index in [1.54, 1.807) is 0 Å². The third-order valence-electron chi connectivity index (χ3n) is 13.0. The molecule has 288 valence electrons. The number of anilines is 3. The lowest BCUT2D eigenvalue weighted by molar-refractivity contribution is 0.669. The molecule has 0 unspecified atom stereocenters. The van der Waals surface area contributed by atoms with E-state index in [9.17, 15) is 0 Å². The van der Waals surface area contributed by atoms with Gasteiger partial charge in [-0.1, -0.05) is 164 Å². The van der Waals surface area contributed by atoms with E-state index < -0.39 is 0 Å².